The van der Waals surface area contributed by atoms with Gasteiger partial charge in [-0.25, -0.2) is 8.78 Å². The molecule has 0 bridgehead atoms. The molecule has 0 atom stereocenters. The first-order valence-corrected chi connectivity index (χ1v) is 9.10. The average Bonchev–Trinajstić information content (AvgIpc) is 3.05. The lowest BCUT2D eigenvalue weighted by Crippen LogP contribution is -2.03. The number of Topliss-reactive ketones (excluding diaryl/α,β-unsaturated/α-hetero) is 1. The fraction of sp³-hybridized carbons (Fsp3) is 0.118. The minimum Gasteiger partial charge on any atom is -0.330 e. The summed E-state index contributed by atoms with van der Waals surface area (Å²) in [7, 11) is 0. The second kappa shape index (κ2) is 7.71. The topological polar surface area (TPSA) is 54.9 Å². The van der Waals surface area contributed by atoms with Crippen LogP contribution in [0.3, 0.4) is 0 Å². The van der Waals surface area contributed by atoms with Gasteiger partial charge in [-0.05, 0) is 36.8 Å². The summed E-state index contributed by atoms with van der Waals surface area (Å²) in [6.45, 7) is 1.99. The number of para-hydroxylation sites is 1. The molecule has 0 aliphatic carbocycles. The van der Waals surface area contributed by atoms with Crippen LogP contribution in [0.5, 0.6) is 0 Å². The van der Waals surface area contributed by atoms with Crippen molar-refractivity contribution in [3.63, 3.8) is 0 Å². The number of aromatic nitrogens is 2. The third kappa shape index (κ3) is 4.40. The van der Waals surface area contributed by atoms with Gasteiger partial charge in [-0.3, -0.25) is 4.79 Å². The van der Waals surface area contributed by atoms with Crippen LogP contribution in [-0.4, -0.2) is 21.7 Å². The SMILES string of the molecule is Cc1ccccc1Nc1nnc(SCC(=O)c2ccc(F)c(F)c2)s1. The lowest BCUT2D eigenvalue weighted by Gasteiger charge is -2.04. The molecule has 4 nitrogen and oxygen atoms in total. The first-order chi connectivity index (χ1) is 12.0. The van der Waals surface area contributed by atoms with Crippen LogP contribution in [0.15, 0.2) is 46.8 Å². The van der Waals surface area contributed by atoms with E-state index in [0.717, 1.165) is 23.4 Å². The van der Waals surface area contributed by atoms with Crippen LogP contribution in [-0.2, 0) is 0 Å². The van der Waals surface area contributed by atoms with Crippen LogP contribution >= 0.6 is 23.1 Å². The molecule has 3 aromatic rings. The molecule has 0 saturated carbocycles. The highest BCUT2D eigenvalue weighted by atomic mass is 32.2. The summed E-state index contributed by atoms with van der Waals surface area (Å²) in [5.74, 6) is -2.23. The molecule has 2 aromatic carbocycles. The lowest BCUT2D eigenvalue weighted by molar-refractivity contribution is 0.102. The highest BCUT2D eigenvalue weighted by Gasteiger charge is 2.12. The quantitative estimate of drug-likeness (QED) is 0.492. The number of rotatable bonds is 6. The number of anilines is 2. The molecule has 0 saturated heterocycles. The minimum atomic E-state index is -1.03. The Morgan fingerprint density at radius 3 is 2.72 bits per heavy atom. The smallest absolute Gasteiger partial charge is 0.210 e. The third-order valence-electron chi connectivity index (χ3n) is 3.36. The molecule has 0 aliphatic rings. The van der Waals surface area contributed by atoms with Gasteiger partial charge in [-0.15, -0.1) is 10.2 Å². The summed E-state index contributed by atoms with van der Waals surface area (Å²) < 4.78 is 26.7. The van der Waals surface area contributed by atoms with Gasteiger partial charge in [0.1, 0.15) is 0 Å². The van der Waals surface area contributed by atoms with Crippen LogP contribution in [0, 0.1) is 18.6 Å². The van der Waals surface area contributed by atoms with Crippen LogP contribution in [0.2, 0.25) is 0 Å². The summed E-state index contributed by atoms with van der Waals surface area (Å²) in [4.78, 5) is 12.1. The predicted molar refractivity (Wildman–Crippen MR) is 95.8 cm³/mol. The van der Waals surface area contributed by atoms with Crippen molar-refractivity contribution >= 4 is 39.7 Å². The molecule has 1 heterocycles. The van der Waals surface area contributed by atoms with E-state index in [2.05, 4.69) is 15.5 Å². The van der Waals surface area contributed by atoms with Crippen molar-refractivity contribution in [2.75, 3.05) is 11.1 Å². The van der Waals surface area contributed by atoms with Crippen LogP contribution < -0.4 is 5.32 Å². The van der Waals surface area contributed by atoms with Gasteiger partial charge in [0, 0.05) is 11.3 Å². The first kappa shape index (κ1) is 17.5. The van der Waals surface area contributed by atoms with Crippen LogP contribution in [0.4, 0.5) is 19.6 Å². The highest BCUT2D eigenvalue weighted by molar-refractivity contribution is 8.01. The Bertz CT molecular complexity index is 914. The number of carbonyl (C=O) groups is 1. The van der Waals surface area contributed by atoms with Gasteiger partial charge >= 0.3 is 0 Å². The molecule has 0 radical (unpaired) electrons. The Labute approximate surface area is 151 Å². The second-order valence-electron chi connectivity index (χ2n) is 5.15. The molecule has 1 aromatic heterocycles. The molecule has 1 N–H and O–H groups in total. The van der Waals surface area contributed by atoms with E-state index in [1.165, 1.54) is 29.2 Å². The Morgan fingerprint density at radius 2 is 1.96 bits per heavy atom. The number of thioether (sulfide) groups is 1. The third-order valence-corrected chi connectivity index (χ3v) is 5.33. The molecule has 8 heteroatoms. The van der Waals surface area contributed by atoms with Crippen LogP contribution in [0.25, 0.3) is 0 Å². The number of halogens is 2. The minimum absolute atomic E-state index is 0.0735. The van der Waals surface area contributed by atoms with Gasteiger partial charge in [0.25, 0.3) is 0 Å². The number of benzene rings is 2. The van der Waals surface area contributed by atoms with E-state index in [4.69, 9.17) is 0 Å². The molecule has 3 rings (SSSR count). The van der Waals surface area contributed by atoms with Gasteiger partial charge in [0.15, 0.2) is 21.8 Å². The summed E-state index contributed by atoms with van der Waals surface area (Å²) >= 11 is 2.53. The Morgan fingerprint density at radius 1 is 1.16 bits per heavy atom. The predicted octanol–water partition coefficient (Wildman–Crippen LogP) is 4.84. The zero-order valence-corrected chi connectivity index (χ0v) is 14.8. The first-order valence-electron chi connectivity index (χ1n) is 7.30. The molecule has 0 fully saturated rings. The van der Waals surface area contributed by atoms with Gasteiger partial charge in [-0.2, -0.15) is 0 Å². The number of aryl methyl sites for hydroxylation is 1. The summed E-state index contributed by atoms with van der Waals surface area (Å²) in [6, 6.07) is 10.9. The Hall–Kier alpha value is -2.32. The Kier molecular flexibility index (Phi) is 5.40. The van der Waals surface area contributed by atoms with Crippen LogP contribution in [0.1, 0.15) is 15.9 Å². The van der Waals surface area contributed by atoms with E-state index in [1.54, 1.807) is 0 Å². The van der Waals surface area contributed by atoms with E-state index in [0.29, 0.717) is 9.47 Å². The number of hydrogen-bond acceptors (Lipinski definition) is 6. The zero-order valence-electron chi connectivity index (χ0n) is 13.1. The van der Waals surface area contributed by atoms with Gasteiger partial charge in [0.05, 0.1) is 5.75 Å². The van der Waals surface area contributed by atoms with Gasteiger partial charge < -0.3 is 5.32 Å². The van der Waals surface area contributed by atoms with Crippen molar-refractivity contribution in [3.05, 3.63) is 65.2 Å². The van der Waals surface area contributed by atoms with Crippen molar-refractivity contribution in [1.82, 2.24) is 10.2 Å². The normalized spacial score (nSPS) is 10.7. The van der Waals surface area contributed by atoms with Gasteiger partial charge in [0.2, 0.25) is 5.13 Å². The molecule has 0 unspecified atom stereocenters. The standard InChI is InChI=1S/C17H13F2N3OS2/c1-10-4-2-3-5-14(10)20-16-21-22-17(25-16)24-9-15(23)11-6-7-12(18)13(19)8-11/h2-8H,9H2,1H3,(H,20,21). The molecule has 128 valence electrons. The summed E-state index contributed by atoms with van der Waals surface area (Å²) in [5.41, 5.74) is 2.16. The largest absolute Gasteiger partial charge is 0.330 e. The number of ketones is 1. The molecule has 25 heavy (non-hydrogen) atoms. The number of hydrogen-bond donors (Lipinski definition) is 1. The van der Waals surface area contributed by atoms with E-state index < -0.39 is 11.6 Å². The number of nitrogens with one attached hydrogen (secondary N) is 1. The summed E-state index contributed by atoms with van der Waals surface area (Å²) in [6.07, 6.45) is 0. The van der Waals surface area contributed by atoms with E-state index in [-0.39, 0.29) is 17.1 Å². The maximum atomic E-state index is 13.2. The summed E-state index contributed by atoms with van der Waals surface area (Å²) in [5, 5.41) is 11.9. The maximum Gasteiger partial charge on any atom is 0.210 e. The monoisotopic (exact) mass is 377 g/mol. The number of carbonyl (C=O) groups excluding carboxylic acids is 1. The van der Waals surface area contributed by atoms with Crippen molar-refractivity contribution in [2.45, 2.75) is 11.3 Å². The van der Waals surface area contributed by atoms with Crippen molar-refractivity contribution in [3.8, 4) is 0 Å². The molecular formula is C17H13F2N3OS2. The molecule has 0 aliphatic heterocycles. The second-order valence-corrected chi connectivity index (χ2v) is 7.35. The van der Waals surface area contributed by atoms with E-state index in [1.807, 2.05) is 31.2 Å². The Balaban J connectivity index is 1.61. The maximum absolute atomic E-state index is 13.2. The molecular weight excluding hydrogens is 364 g/mol. The fourth-order valence-corrected chi connectivity index (χ4v) is 3.69. The average molecular weight is 377 g/mol. The van der Waals surface area contributed by atoms with Crippen molar-refractivity contribution in [2.24, 2.45) is 0 Å². The van der Waals surface area contributed by atoms with Gasteiger partial charge in [-0.1, -0.05) is 41.3 Å². The highest BCUT2D eigenvalue weighted by Crippen LogP contribution is 2.29. The van der Waals surface area contributed by atoms with Crippen molar-refractivity contribution < 1.29 is 13.6 Å². The molecule has 0 spiro atoms. The van der Waals surface area contributed by atoms with E-state index >= 15 is 0 Å². The molecule has 0 amide bonds. The zero-order chi connectivity index (χ0) is 17.8. The van der Waals surface area contributed by atoms with Crippen molar-refractivity contribution in [1.29, 1.82) is 0 Å². The number of nitrogens with zero attached hydrogens (tertiary/aromatic N) is 2. The lowest BCUT2D eigenvalue weighted by atomic mass is 10.1. The fourth-order valence-electron chi connectivity index (χ4n) is 2.03. The van der Waals surface area contributed by atoms with E-state index in [9.17, 15) is 13.6 Å².